The fourth-order valence-corrected chi connectivity index (χ4v) is 10.9. The van der Waals surface area contributed by atoms with Gasteiger partial charge in [-0.2, -0.15) is 0 Å². The van der Waals surface area contributed by atoms with Gasteiger partial charge in [-0.05, 0) is 131 Å². The van der Waals surface area contributed by atoms with Crippen molar-refractivity contribution in [3.8, 4) is 50.2 Å². The Morgan fingerprint density at radius 3 is 1.69 bits per heavy atom. The summed E-state index contributed by atoms with van der Waals surface area (Å²) < 4.78 is 2.45. The van der Waals surface area contributed by atoms with Gasteiger partial charge in [-0.15, -0.1) is 0 Å². The molecule has 0 spiro atoms. The molecule has 1 heterocycles. The summed E-state index contributed by atoms with van der Waals surface area (Å²) in [6.07, 6.45) is 0. The molecule has 2 aliphatic rings. The predicted molar refractivity (Wildman–Crippen MR) is 255 cm³/mol. The van der Waals surface area contributed by atoms with E-state index >= 15 is 0 Å². The number of benzene rings is 10. The molecule has 1 aromatic heterocycles. The Kier molecular flexibility index (Phi) is 7.50. The van der Waals surface area contributed by atoms with Crippen molar-refractivity contribution in [2.24, 2.45) is 0 Å². The van der Waals surface area contributed by atoms with Gasteiger partial charge in [0.25, 0.3) is 0 Å². The number of para-hydroxylation sites is 2. The number of aromatic nitrogens is 1. The lowest BCUT2D eigenvalue weighted by Gasteiger charge is -2.18. The molecule has 284 valence electrons. The van der Waals surface area contributed by atoms with Crippen LogP contribution in [0.5, 0.6) is 0 Å². The highest BCUT2D eigenvalue weighted by atomic mass is 15.0. The van der Waals surface area contributed by atoms with Gasteiger partial charge < -0.3 is 4.57 Å². The van der Waals surface area contributed by atoms with E-state index in [0.29, 0.717) is 0 Å². The largest absolute Gasteiger partial charge is 0.309 e. The number of nitrogens with zero attached hydrogens (tertiary/aromatic N) is 1. The molecule has 0 bridgehead atoms. The van der Waals surface area contributed by atoms with Crippen LogP contribution in [-0.2, 0) is 0 Å². The topological polar surface area (TPSA) is 4.93 Å². The maximum atomic E-state index is 2.51. The van der Waals surface area contributed by atoms with Crippen LogP contribution in [0.15, 0.2) is 224 Å². The second-order valence-electron chi connectivity index (χ2n) is 16.8. The third-order valence-corrected chi connectivity index (χ3v) is 13.5. The second kappa shape index (κ2) is 13.4. The summed E-state index contributed by atoms with van der Waals surface area (Å²) in [6, 6.07) is 83.7. The van der Waals surface area contributed by atoms with Crippen molar-refractivity contribution >= 4 is 32.6 Å². The van der Waals surface area contributed by atoms with Crippen LogP contribution in [-0.4, -0.2) is 4.57 Å². The minimum absolute atomic E-state index is 0.104. The van der Waals surface area contributed by atoms with E-state index in [9.17, 15) is 0 Å². The first kappa shape index (κ1) is 34.2. The summed E-state index contributed by atoms with van der Waals surface area (Å²) in [5, 5.41) is 5.15. The minimum Gasteiger partial charge on any atom is -0.309 e. The Morgan fingerprint density at radius 1 is 0.279 bits per heavy atom. The molecule has 11 aromatic rings. The highest BCUT2D eigenvalue weighted by Crippen LogP contribution is 2.54. The first-order valence-corrected chi connectivity index (χ1v) is 21.4. The lowest BCUT2D eigenvalue weighted by molar-refractivity contribution is 1.02. The Balaban J connectivity index is 0.999. The van der Waals surface area contributed by atoms with Crippen molar-refractivity contribution in [1.82, 2.24) is 4.57 Å². The summed E-state index contributed by atoms with van der Waals surface area (Å²) in [5.74, 6) is 0.281. The highest BCUT2D eigenvalue weighted by Gasteiger charge is 2.34. The van der Waals surface area contributed by atoms with E-state index in [1.807, 2.05) is 0 Å². The third-order valence-electron chi connectivity index (χ3n) is 13.5. The molecule has 0 aliphatic heterocycles. The first-order valence-electron chi connectivity index (χ1n) is 21.4. The molecule has 10 aromatic carbocycles. The Hall–Kier alpha value is -7.74. The van der Waals surface area contributed by atoms with E-state index in [-0.39, 0.29) is 11.8 Å². The summed E-state index contributed by atoms with van der Waals surface area (Å²) in [5.41, 5.74) is 22.1. The molecule has 13 rings (SSSR count). The molecular formula is C60H39N. The van der Waals surface area contributed by atoms with Crippen molar-refractivity contribution < 1.29 is 0 Å². The monoisotopic (exact) mass is 773 g/mol. The van der Waals surface area contributed by atoms with Crippen molar-refractivity contribution in [2.75, 3.05) is 0 Å². The van der Waals surface area contributed by atoms with Crippen LogP contribution in [0.3, 0.4) is 0 Å². The Labute approximate surface area is 355 Å². The van der Waals surface area contributed by atoms with Crippen LogP contribution < -0.4 is 0 Å². The van der Waals surface area contributed by atoms with E-state index < -0.39 is 0 Å². The van der Waals surface area contributed by atoms with Crippen molar-refractivity contribution in [3.63, 3.8) is 0 Å². The summed E-state index contributed by atoms with van der Waals surface area (Å²) >= 11 is 0. The quantitative estimate of drug-likeness (QED) is 0.164. The van der Waals surface area contributed by atoms with Gasteiger partial charge in [0.1, 0.15) is 0 Å². The first-order chi connectivity index (χ1) is 30.3. The molecule has 61 heavy (non-hydrogen) atoms. The average Bonchev–Trinajstić information content (AvgIpc) is 3.96. The van der Waals surface area contributed by atoms with Crippen molar-refractivity contribution in [1.29, 1.82) is 0 Å². The van der Waals surface area contributed by atoms with Crippen molar-refractivity contribution in [3.05, 3.63) is 258 Å². The van der Waals surface area contributed by atoms with Crippen LogP contribution in [0.1, 0.15) is 45.2 Å². The maximum absolute atomic E-state index is 2.51. The molecule has 0 fully saturated rings. The van der Waals surface area contributed by atoms with E-state index in [4.69, 9.17) is 0 Å². The van der Waals surface area contributed by atoms with Gasteiger partial charge in [0.2, 0.25) is 0 Å². The molecule has 1 nitrogen and oxygen atoms in total. The van der Waals surface area contributed by atoms with Crippen LogP contribution in [0, 0.1) is 0 Å². The van der Waals surface area contributed by atoms with Gasteiger partial charge in [0.15, 0.2) is 0 Å². The van der Waals surface area contributed by atoms with Gasteiger partial charge in [-0.25, -0.2) is 0 Å². The minimum atomic E-state index is 0.104. The molecule has 0 saturated heterocycles. The van der Waals surface area contributed by atoms with Crippen LogP contribution in [0.25, 0.3) is 82.8 Å². The Bertz CT molecular complexity index is 3530. The molecule has 2 atom stereocenters. The van der Waals surface area contributed by atoms with Gasteiger partial charge in [0.05, 0.1) is 11.0 Å². The van der Waals surface area contributed by atoms with E-state index in [0.717, 1.165) is 0 Å². The standard InChI is InChI=1S/C60H39N/c1-3-15-38(16-4-1)40-19-13-20-43(33-40)59-49-26-10-9-24-46(49)52-34-41(29-31-50(52)59)42-30-32-51-53(35-42)54-37-58-55(47-25-11-12-28-57(47)61(58)44-21-5-2-6-22-44)36-56(54)60(51)48-27-14-18-39-17-7-8-23-45(39)48/h1-37,59-60H. The van der Waals surface area contributed by atoms with Gasteiger partial charge in [-0.3, -0.25) is 0 Å². The zero-order valence-electron chi connectivity index (χ0n) is 33.5. The second-order valence-corrected chi connectivity index (χ2v) is 16.8. The summed E-state index contributed by atoms with van der Waals surface area (Å²) in [4.78, 5) is 0. The summed E-state index contributed by atoms with van der Waals surface area (Å²) in [7, 11) is 0. The van der Waals surface area contributed by atoms with Gasteiger partial charge in [0, 0.05) is 28.3 Å². The normalized spacial score (nSPS) is 14.9. The van der Waals surface area contributed by atoms with Crippen LogP contribution in [0.4, 0.5) is 0 Å². The van der Waals surface area contributed by atoms with Gasteiger partial charge >= 0.3 is 0 Å². The lowest BCUT2D eigenvalue weighted by atomic mass is 9.85. The molecule has 0 amide bonds. The lowest BCUT2D eigenvalue weighted by Crippen LogP contribution is -2.00. The number of rotatable bonds is 5. The van der Waals surface area contributed by atoms with E-state index in [1.54, 1.807) is 0 Å². The number of fused-ring (bicyclic) bond motifs is 10. The average molecular weight is 774 g/mol. The maximum Gasteiger partial charge on any atom is 0.0547 e. The van der Waals surface area contributed by atoms with Gasteiger partial charge in [-0.1, -0.05) is 182 Å². The summed E-state index contributed by atoms with van der Waals surface area (Å²) in [6.45, 7) is 0. The number of hydrogen-bond acceptors (Lipinski definition) is 0. The van der Waals surface area contributed by atoms with Crippen LogP contribution in [0.2, 0.25) is 0 Å². The van der Waals surface area contributed by atoms with Crippen LogP contribution >= 0.6 is 0 Å². The molecule has 0 radical (unpaired) electrons. The highest BCUT2D eigenvalue weighted by molar-refractivity contribution is 6.11. The molecule has 0 N–H and O–H groups in total. The Morgan fingerprint density at radius 2 is 0.852 bits per heavy atom. The fourth-order valence-electron chi connectivity index (χ4n) is 10.9. The molecular weight excluding hydrogens is 735 g/mol. The molecule has 1 heteroatoms. The molecule has 2 aliphatic carbocycles. The van der Waals surface area contributed by atoms with E-state index in [2.05, 4.69) is 229 Å². The zero-order chi connectivity index (χ0) is 40.0. The molecule has 2 unspecified atom stereocenters. The SMILES string of the molecule is c1ccc(-c2cccc(C3c4ccccc4-c4cc(-c5ccc6c(c5)-c5cc7c(cc5C6c5cccc6ccccc56)c5ccccc5n7-c5ccccc5)ccc43)c2)cc1. The predicted octanol–water partition coefficient (Wildman–Crippen LogP) is 15.6. The third kappa shape index (κ3) is 5.20. The fraction of sp³-hybridized carbons (Fsp3) is 0.0333. The van der Waals surface area contributed by atoms with Crippen molar-refractivity contribution in [2.45, 2.75) is 11.8 Å². The zero-order valence-corrected chi connectivity index (χ0v) is 33.5. The van der Waals surface area contributed by atoms with E-state index in [1.165, 1.54) is 116 Å². The smallest absolute Gasteiger partial charge is 0.0547 e. The number of hydrogen-bond donors (Lipinski definition) is 0. The molecule has 0 saturated carbocycles.